The second kappa shape index (κ2) is 14.4. The van der Waals surface area contributed by atoms with Crippen LogP contribution in [0.25, 0.3) is 0 Å². The molecule has 1 unspecified atom stereocenters. The highest BCUT2D eigenvalue weighted by Crippen LogP contribution is 2.40. The zero-order valence-corrected chi connectivity index (χ0v) is 22.4. The first-order valence-electron chi connectivity index (χ1n) is 13.0. The van der Waals surface area contributed by atoms with E-state index in [1.807, 2.05) is 36.4 Å². The molecule has 0 fully saturated rings. The fourth-order valence-electron chi connectivity index (χ4n) is 4.71. The average Bonchev–Trinajstić information content (AvgIpc) is 2.85. The van der Waals surface area contributed by atoms with Crippen molar-refractivity contribution in [2.75, 3.05) is 0 Å². The summed E-state index contributed by atoms with van der Waals surface area (Å²) < 4.78 is 0. The van der Waals surface area contributed by atoms with Gasteiger partial charge in [0.15, 0.2) is 5.78 Å². The van der Waals surface area contributed by atoms with Crippen molar-refractivity contribution in [2.45, 2.75) is 96.1 Å². The molecule has 0 bridgehead atoms. The molecule has 2 aromatic rings. The Morgan fingerprint density at radius 3 is 2.00 bits per heavy atom. The maximum absolute atomic E-state index is 12.2. The Balaban J connectivity index is 1.88. The van der Waals surface area contributed by atoms with E-state index >= 15 is 0 Å². The highest BCUT2D eigenvalue weighted by molar-refractivity contribution is 6.98. The van der Waals surface area contributed by atoms with Gasteiger partial charge in [0.05, 0.1) is 6.10 Å². The predicted octanol–water partition coefficient (Wildman–Crippen LogP) is 5.93. The van der Waals surface area contributed by atoms with Crippen LogP contribution in [0.1, 0.15) is 85.0 Å². The average molecular weight is 481 g/mol. The maximum Gasteiger partial charge on any atom is 0.258 e. The van der Waals surface area contributed by atoms with Crippen molar-refractivity contribution in [2.24, 2.45) is 0 Å². The summed E-state index contributed by atoms with van der Waals surface area (Å²) in [6.07, 6.45) is 12.1. The number of hydrogen-bond donors (Lipinski definition) is 2. The number of allylic oxidation sites excluding steroid dienone is 1. The van der Waals surface area contributed by atoms with E-state index in [1.54, 1.807) is 12.2 Å². The van der Waals surface area contributed by atoms with E-state index in [0.717, 1.165) is 42.5 Å². The Morgan fingerprint density at radius 1 is 0.882 bits per heavy atom. The van der Waals surface area contributed by atoms with E-state index in [4.69, 9.17) is 0 Å². The first-order chi connectivity index (χ1) is 16.3. The summed E-state index contributed by atoms with van der Waals surface area (Å²) in [6, 6.07) is 20.2. The summed E-state index contributed by atoms with van der Waals surface area (Å²) in [6.45, 7) is 6.54. The molecule has 0 spiro atoms. The fourth-order valence-corrected chi connectivity index (χ4v) is 8.49. The third kappa shape index (κ3) is 8.33. The topological polar surface area (TPSA) is 57.5 Å². The van der Waals surface area contributed by atoms with Gasteiger partial charge in [-0.25, -0.2) is 0 Å². The summed E-state index contributed by atoms with van der Waals surface area (Å²) in [7, 11) is -2.98. The van der Waals surface area contributed by atoms with Crippen molar-refractivity contribution >= 4 is 24.5 Å². The van der Waals surface area contributed by atoms with E-state index in [1.165, 1.54) is 19.3 Å². The van der Waals surface area contributed by atoms with E-state index in [9.17, 15) is 14.7 Å². The lowest BCUT2D eigenvalue weighted by Crippen LogP contribution is -2.65. The quantitative estimate of drug-likeness (QED) is 0.178. The second-order valence-electron chi connectivity index (χ2n) is 10.1. The number of aliphatic hydroxyl groups excluding tert-OH is 1. The third-order valence-electron chi connectivity index (χ3n) is 6.95. The van der Waals surface area contributed by atoms with Gasteiger partial charge in [-0.3, -0.25) is 4.79 Å². The number of benzene rings is 2. The van der Waals surface area contributed by atoms with E-state index in [0.29, 0.717) is 12.8 Å². The Bertz CT molecular complexity index is 822. The monoisotopic (exact) mass is 480 g/mol. The molecule has 0 saturated heterocycles. The molecule has 0 aromatic heterocycles. The third-order valence-corrected chi connectivity index (χ3v) is 11.5. The smallest absolute Gasteiger partial charge is 0.258 e. The minimum Gasteiger partial charge on any atom is -0.424 e. The lowest BCUT2D eigenvalue weighted by atomic mass is 10.0. The molecule has 2 rings (SSSR count). The van der Waals surface area contributed by atoms with E-state index < -0.39 is 14.4 Å². The van der Waals surface area contributed by atoms with Crippen molar-refractivity contribution < 1.29 is 14.7 Å². The number of unbranched alkanes of at least 4 members (excludes halogenated alkanes) is 5. The molecule has 0 saturated carbocycles. The van der Waals surface area contributed by atoms with Crippen LogP contribution in [-0.2, 0) is 4.79 Å². The standard InChI is InChI=1S/C30H44O3Si/c1-4-5-6-7-10-17-26(31)23-24-27(32)18-15-16-25-30(2,3)34(33,28-19-11-8-12-20-28)29-21-13-9-14-22-29/h8-9,11-14,19-24,27,32-33H,4-7,10,15-18,25H2,1-3H3/b24-23+. The van der Waals surface area contributed by atoms with Crippen molar-refractivity contribution in [1.29, 1.82) is 0 Å². The highest BCUT2D eigenvalue weighted by Gasteiger charge is 2.49. The molecule has 0 aliphatic heterocycles. The van der Waals surface area contributed by atoms with Crippen molar-refractivity contribution in [3.8, 4) is 0 Å². The normalized spacial score (nSPS) is 13.3. The SMILES string of the molecule is CCCCCCCC(=O)/C=C/C(O)CCCCC(C)(C)[Si](O)(c1ccccc1)c1ccccc1. The molecule has 2 N–H and O–H groups in total. The summed E-state index contributed by atoms with van der Waals surface area (Å²) in [5, 5.41) is 12.1. The van der Waals surface area contributed by atoms with Crippen molar-refractivity contribution in [3.05, 3.63) is 72.8 Å². The lowest BCUT2D eigenvalue weighted by Gasteiger charge is -2.41. The van der Waals surface area contributed by atoms with Gasteiger partial charge < -0.3 is 9.90 Å². The molecule has 0 aliphatic carbocycles. The predicted molar refractivity (Wildman–Crippen MR) is 146 cm³/mol. The van der Waals surface area contributed by atoms with Crippen LogP contribution in [0.5, 0.6) is 0 Å². The van der Waals surface area contributed by atoms with Crippen LogP contribution in [0, 0.1) is 0 Å². The van der Waals surface area contributed by atoms with Crippen LogP contribution in [0.15, 0.2) is 72.8 Å². The van der Waals surface area contributed by atoms with Crippen LogP contribution in [0.4, 0.5) is 0 Å². The minimum atomic E-state index is -2.98. The van der Waals surface area contributed by atoms with Crippen LogP contribution in [0.3, 0.4) is 0 Å². The fraction of sp³-hybridized carbons (Fsp3) is 0.500. The zero-order chi connectivity index (χ0) is 24.9. The van der Waals surface area contributed by atoms with E-state index in [-0.39, 0.29) is 10.8 Å². The minimum absolute atomic E-state index is 0.110. The van der Waals surface area contributed by atoms with Crippen molar-refractivity contribution in [3.63, 3.8) is 0 Å². The Hall–Kier alpha value is -2.01. The summed E-state index contributed by atoms with van der Waals surface area (Å²) in [5.74, 6) is 0.110. The molecule has 2 aromatic carbocycles. The maximum atomic E-state index is 12.2. The van der Waals surface area contributed by atoms with Gasteiger partial charge in [0, 0.05) is 6.42 Å². The summed E-state index contributed by atoms with van der Waals surface area (Å²) in [4.78, 5) is 24.2. The molecular formula is C30H44O3Si. The highest BCUT2D eigenvalue weighted by atomic mass is 28.4. The van der Waals surface area contributed by atoms with Crippen molar-refractivity contribution in [1.82, 2.24) is 0 Å². The molecule has 3 nitrogen and oxygen atoms in total. The number of carbonyl (C=O) groups excluding carboxylic acids is 1. The van der Waals surface area contributed by atoms with Gasteiger partial charge in [0.25, 0.3) is 8.32 Å². The Labute approximate surface area is 208 Å². The lowest BCUT2D eigenvalue weighted by molar-refractivity contribution is -0.114. The van der Waals surface area contributed by atoms with Crippen LogP contribution in [-0.4, -0.2) is 30.1 Å². The Morgan fingerprint density at radius 2 is 1.44 bits per heavy atom. The number of carbonyl (C=O) groups is 1. The molecule has 4 heteroatoms. The molecule has 0 aliphatic rings. The number of aliphatic hydroxyl groups is 1. The molecule has 1 atom stereocenters. The molecule has 0 radical (unpaired) electrons. The van der Waals surface area contributed by atoms with Crippen LogP contribution in [0.2, 0.25) is 5.04 Å². The Kier molecular flexibility index (Phi) is 12.0. The van der Waals surface area contributed by atoms with Gasteiger partial charge in [-0.05, 0) is 40.8 Å². The first kappa shape index (κ1) is 28.2. The second-order valence-corrected chi connectivity index (χ2v) is 14.1. The van der Waals surface area contributed by atoms with Gasteiger partial charge in [-0.1, -0.05) is 126 Å². The summed E-state index contributed by atoms with van der Waals surface area (Å²) in [5.41, 5.74) is 0. The zero-order valence-electron chi connectivity index (χ0n) is 21.4. The number of ketones is 1. The molecule has 186 valence electrons. The first-order valence-corrected chi connectivity index (χ1v) is 15.0. The van der Waals surface area contributed by atoms with Gasteiger partial charge in [-0.15, -0.1) is 0 Å². The molecule has 0 amide bonds. The van der Waals surface area contributed by atoms with Gasteiger partial charge in [0.2, 0.25) is 0 Å². The molecular weight excluding hydrogens is 436 g/mol. The number of rotatable bonds is 16. The van der Waals surface area contributed by atoms with E-state index in [2.05, 4.69) is 45.0 Å². The van der Waals surface area contributed by atoms with Crippen LogP contribution >= 0.6 is 0 Å². The van der Waals surface area contributed by atoms with Gasteiger partial charge in [0.1, 0.15) is 0 Å². The largest absolute Gasteiger partial charge is 0.424 e. The summed E-state index contributed by atoms with van der Waals surface area (Å²) >= 11 is 0. The molecule has 0 heterocycles. The van der Waals surface area contributed by atoms with Gasteiger partial charge >= 0.3 is 0 Å². The van der Waals surface area contributed by atoms with Crippen LogP contribution < -0.4 is 10.4 Å². The van der Waals surface area contributed by atoms with Gasteiger partial charge in [-0.2, -0.15) is 0 Å². The molecule has 34 heavy (non-hydrogen) atoms. The number of hydrogen-bond acceptors (Lipinski definition) is 3.